The van der Waals surface area contributed by atoms with Gasteiger partial charge in [0, 0.05) is 6.42 Å². The van der Waals surface area contributed by atoms with Gasteiger partial charge in [-0.1, -0.05) is 37.3 Å². The van der Waals surface area contributed by atoms with Gasteiger partial charge in [0.2, 0.25) is 0 Å². The third kappa shape index (κ3) is 6.54. The highest BCUT2D eigenvalue weighted by Gasteiger charge is 2.90. The van der Waals surface area contributed by atoms with E-state index >= 15 is 0 Å². The number of rotatable bonds is 12. The van der Waals surface area contributed by atoms with Gasteiger partial charge in [0.05, 0.1) is 6.61 Å². The Bertz CT molecular complexity index is 952. The Balaban J connectivity index is 3.28. The number of nitrogens with one attached hydrogen (secondary N) is 1. The van der Waals surface area contributed by atoms with Gasteiger partial charge in [-0.15, -0.1) is 0 Å². The molecule has 1 N–H and O–H groups in total. The van der Waals surface area contributed by atoms with Crippen molar-refractivity contribution in [2.24, 2.45) is 0 Å². The zero-order valence-corrected chi connectivity index (χ0v) is 18.8. The molecule has 1 atom stereocenters. The van der Waals surface area contributed by atoms with E-state index in [-0.39, 0.29) is 12.0 Å². The van der Waals surface area contributed by atoms with Crippen molar-refractivity contribution < 1.29 is 76.1 Å². The molecule has 5 nitrogen and oxygen atoms in total. The minimum Gasteiger partial charge on any atom is -0.464 e. The lowest BCUT2D eigenvalue weighted by Gasteiger charge is -2.40. The Kier molecular flexibility index (Phi) is 9.95. The fraction of sp³-hybridized carbons (Fsp3) is 0.600. The number of hydrogen-bond donors (Lipinski definition) is 1. The molecule has 0 radical (unpaired) electrons. The van der Waals surface area contributed by atoms with E-state index in [0.717, 1.165) is 0 Å². The summed E-state index contributed by atoms with van der Waals surface area (Å²) < 4.78 is 182. The van der Waals surface area contributed by atoms with Crippen LogP contribution in [-0.4, -0.2) is 60.5 Å². The van der Waals surface area contributed by atoms with Crippen molar-refractivity contribution in [3.05, 3.63) is 35.9 Å². The van der Waals surface area contributed by atoms with Crippen LogP contribution in [0.5, 0.6) is 0 Å². The maximum absolute atomic E-state index is 14.3. The van der Waals surface area contributed by atoms with Crippen LogP contribution in [0.25, 0.3) is 0 Å². The van der Waals surface area contributed by atoms with E-state index < -0.39 is 73.5 Å². The molecule has 0 spiro atoms. The third-order valence-electron chi connectivity index (χ3n) is 4.70. The summed E-state index contributed by atoms with van der Waals surface area (Å²) >= 11 is 0. The fourth-order valence-electron chi connectivity index (χ4n) is 2.59. The lowest BCUT2D eigenvalue weighted by Crippen LogP contribution is -2.70. The number of esters is 1. The van der Waals surface area contributed by atoms with Crippen molar-refractivity contribution in [3.63, 3.8) is 0 Å². The number of ether oxygens (including phenoxy) is 2. The van der Waals surface area contributed by atoms with Gasteiger partial charge >= 0.3 is 47.9 Å². The Morgan fingerprint density at radius 2 is 1.26 bits per heavy atom. The van der Waals surface area contributed by atoms with E-state index in [4.69, 9.17) is 0 Å². The van der Waals surface area contributed by atoms with Gasteiger partial charge in [0.25, 0.3) is 0 Å². The number of halogens is 13. The van der Waals surface area contributed by atoms with E-state index in [2.05, 4.69) is 9.47 Å². The fourth-order valence-corrected chi connectivity index (χ4v) is 2.59. The number of amides is 1. The largest absolute Gasteiger partial charge is 0.464 e. The van der Waals surface area contributed by atoms with Gasteiger partial charge in [-0.3, -0.25) is 0 Å². The highest BCUT2D eigenvalue weighted by molar-refractivity contribution is 5.81. The summed E-state index contributed by atoms with van der Waals surface area (Å²) in [6.45, 7) is 0.132. The predicted octanol–water partition coefficient (Wildman–Crippen LogP) is 6.36. The minimum atomic E-state index is -8.09. The molecule has 1 rings (SSSR count). The monoisotopic (exact) mass is 583 g/mol. The molecule has 1 aromatic carbocycles. The first kappa shape index (κ1) is 33.1. The smallest absolute Gasteiger partial charge is 0.460 e. The van der Waals surface area contributed by atoms with E-state index in [1.54, 1.807) is 0 Å². The maximum atomic E-state index is 14.3. The number of carbonyl (C=O) groups excluding carboxylic acids is 2. The molecule has 0 aliphatic carbocycles. The molecule has 0 bridgehead atoms. The lowest BCUT2D eigenvalue weighted by atomic mass is 9.91. The van der Waals surface area contributed by atoms with Gasteiger partial charge in [-0.05, 0) is 12.0 Å². The highest BCUT2D eigenvalue weighted by atomic mass is 19.4. The average molecular weight is 583 g/mol. The molecule has 0 aliphatic heterocycles. The van der Waals surface area contributed by atoms with E-state index in [1.807, 2.05) is 0 Å². The van der Waals surface area contributed by atoms with Crippen LogP contribution in [0.1, 0.15) is 25.3 Å². The first-order valence-corrected chi connectivity index (χ1v) is 10.2. The Labute approximate surface area is 205 Å². The van der Waals surface area contributed by atoms with E-state index in [1.165, 1.54) is 42.6 Å². The summed E-state index contributed by atoms with van der Waals surface area (Å²) in [5.74, 6) is -40.2. The van der Waals surface area contributed by atoms with Gasteiger partial charge in [-0.25, -0.2) is 9.59 Å². The highest BCUT2D eigenvalue weighted by Crippen LogP contribution is 2.60. The molecule has 1 aromatic rings. The van der Waals surface area contributed by atoms with Crippen LogP contribution in [0.3, 0.4) is 0 Å². The van der Waals surface area contributed by atoms with E-state index in [9.17, 15) is 66.7 Å². The molecule has 0 saturated heterocycles. The molecule has 18 heteroatoms. The summed E-state index contributed by atoms with van der Waals surface area (Å²) in [6, 6.07) is 4.20. The van der Waals surface area contributed by atoms with Crippen LogP contribution in [-0.2, 0) is 20.9 Å². The molecule has 0 saturated carbocycles. The number of carbonyl (C=O) groups is 2. The van der Waals surface area contributed by atoms with Crippen LogP contribution >= 0.6 is 0 Å². The lowest BCUT2D eigenvalue weighted by molar-refractivity contribution is -0.440. The molecule has 38 heavy (non-hydrogen) atoms. The normalized spacial score (nSPS) is 14.6. The molecule has 1 amide bonds. The SMILES string of the molecule is CCCOC(=O)C(CC(F)(F)C(F)(F)C(F)(F)C(F)(F)C(F)(F)C(F)(F)F)NC(=O)OCc1ccccc1. The molecular weight excluding hydrogens is 565 g/mol. The topological polar surface area (TPSA) is 64.6 Å². The Morgan fingerprint density at radius 1 is 0.763 bits per heavy atom. The van der Waals surface area contributed by atoms with Crippen LogP contribution in [0.15, 0.2) is 30.3 Å². The van der Waals surface area contributed by atoms with Gasteiger partial charge < -0.3 is 14.8 Å². The maximum Gasteiger partial charge on any atom is 0.460 e. The van der Waals surface area contributed by atoms with Crippen LogP contribution in [0.2, 0.25) is 0 Å². The van der Waals surface area contributed by atoms with Crippen molar-refractivity contribution in [3.8, 4) is 0 Å². The van der Waals surface area contributed by atoms with Gasteiger partial charge in [-0.2, -0.15) is 57.1 Å². The molecule has 0 fully saturated rings. The standard InChI is InChI=1S/C20H18F13NO4/c1-2-8-37-13(35)12(34-14(36)38-10-11-6-4-3-5-7-11)9-15(21,22)16(23,24)17(25,26)18(27,28)19(29,30)20(31,32)33/h3-7,12H,2,8-10H2,1H3,(H,34,36). The van der Waals surface area contributed by atoms with Crippen molar-refractivity contribution in [1.29, 1.82) is 0 Å². The molecular formula is C20H18F13NO4. The summed E-state index contributed by atoms with van der Waals surface area (Å²) in [5.41, 5.74) is 0.275. The van der Waals surface area contributed by atoms with Crippen LogP contribution in [0.4, 0.5) is 61.9 Å². The summed E-state index contributed by atoms with van der Waals surface area (Å²) in [5, 5.41) is 1.26. The van der Waals surface area contributed by atoms with Gasteiger partial charge in [0.1, 0.15) is 12.6 Å². The first-order chi connectivity index (χ1) is 17.1. The Hall–Kier alpha value is -2.95. The number of hydrogen-bond acceptors (Lipinski definition) is 4. The summed E-state index contributed by atoms with van der Waals surface area (Å²) in [7, 11) is 0. The molecule has 1 unspecified atom stereocenters. The van der Waals surface area contributed by atoms with Crippen molar-refractivity contribution in [1.82, 2.24) is 5.32 Å². The first-order valence-electron chi connectivity index (χ1n) is 10.2. The zero-order chi connectivity index (χ0) is 29.8. The average Bonchev–Trinajstić information content (AvgIpc) is 2.80. The Morgan fingerprint density at radius 3 is 1.74 bits per heavy atom. The minimum absolute atomic E-state index is 0.0275. The van der Waals surface area contributed by atoms with Crippen molar-refractivity contribution in [2.75, 3.05) is 6.61 Å². The number of alkyl halides is 13. The second-order valence-electron chi connectivity index (χ2n) is 7.63. The number of benzene rings is 1. The quantitative estimate of drug-likeness (QED) is 0.230. The second-order valence-corrected chi connectivity index (χ2v) is 7.63. The summed E-state index contributed by atoms with van der Waals surface area (Å²) in [4.78, 5) is 23.9. The van der Waals surface area contributed by atoms with Crippen molar-refractivity contribution in [2.45, 2.75) is 68.2 Å². The van der Waals surface area contributed by atoms with E-state index in [0.29, 0.717) is 0 Å². The van der Waals surface area contributed by atoms with Gasteiger partial charge in [0.15, 0.2) is 0 Å². The summed E-state index contributed by atoms with van der Waals surface area (Å²) in [6.07, 6.45) is -12.4. The second kappa shape index (κ2) is 11.4. The molecule has 0 aromatic heterocycles. The molecule has 0 aliphatic rings. The predicted molar refractivity (Wildman–Crippen MR) is 100 cm³/mol. The van der Waals surface area contributed by atoms with Crippen LogP contribution in [0, 0.1) is 0 Å². The third-order valence-corrected chi connectivity index (χ3v) is 4.70. The van der Waals surface area contributed by atoms with Crippen LogP contribution < -0.4 is 5.32 Å². The van der Waals surface area contributed by atoms with Crippen molar-refractivity contribution >= 4 is 12.1 Å². The number of alkyl carbamates (subject to hydrolysis) is 1. The zero-order valence-electron chi connectivity index (χ0n) is 18.8. The molecule has 0 heterocycles. The molecule has 218 valence electrons.